The highest BCUT2D eigenvalue weighted by atomic mass is 16.5. The van der Waals surface area contributed by atoms with Crippen LogP contribution in [0.15, 0.2) is 24.3 Å². The molecule has 0 saturated heterocycles. The van der Waals surface area contributed by atoms with Crippen molar-refractivity contribution in [1.29, 1.82) is 0 Å². The highest BCUT2D eigenvalue weighted by Gasteiger charge is 2.43. The molecule has 3 rings (SSSR count). The Morgan fingerprint density at radius 2 is 2.00 bits per heavy atom. The third-order valence-corrected chi connectivity index (χ3v) is 5.98. The summed E-state index contributed by atoms with van der Waals surface area (Å²) in [6.45, 7) is 5.08. The van der Waals surface area contributed by atoms with Crippen molar-refractivity contribution in [1.82, 2.24) is 0 Å². The van der Waals surface area contributed by atoms with E-state index in [0.717, 1.165) is 24.2 Å². The van der Waals surface area contributed by atoms with E-state index in [0.29, 0.717) is 30.4 Å². The fraction of sp³-hybridized carbons (Fsp3) is 0.619. The maximum absolute atomic E-state index is 12.2. The molecule has 142 valence electrons. The average Bonchev–Trinajstić information content (AvgIpc) is 3.28. The number of amides is 1. The van der Waals surface area contributed by atoms with Crippen molar-refractivity contribution in [2.75, 3.05) is 18.5 Å². The first-order valence-corrected chi connectivity index (χ1v) is 9.97. The van der Waals surface area contributed by atoms with Gasteiger partial charge in [0.1, 0.15) is 0 Å². The minimum Gasteiger partial charge on any atom is -0.462 e. The van der Waals surface area contributed by atoms with Gasteiger partial charge >= 0.3 is 5.97 Å². The molecule has 2 aliphatic rings. The normalized spacial score (nSPS) is 25.1. The van der Waals surface area contributed by atoms with Crippen molar-refractivity contribution < 1.29 is 19.6 Å². The Balaban J connectivity index is 1.42. The largest absolute Gasteiger partial charge is 0.462 e. The van der Waals surface area contributed by atoms with Gasteiger partial charge in [0, 0.05) is 11.6 Å². The van der Waals surface area contributed by atoms with Gasteiger partial charge < -0.3 is 15.4 Å². The number of carbonyl (C=O) groups is 2. The van der Waals surface area contributed by atoms with Crippen molar-refractivity contribution in [3.05, 3.63) is 29.8 Å². The number of ether oxygens (including phenoxy) is 1. The fourth-order valence-corrected chi connectivity index (χ4v) is 4.59. The zero-order valence-corrected chi connectivity index (χ0v) is 15.9. The summed E-state index contributed by atoms with van der Waals surface area (Å²) >= 11 is 0. The second kappa shape index (κ2) is 8.67. The van der Waals surface area contributed by atoms with Crippen molar-refractivity contribution in [3.8, 4) is 0 Å². The van der Waals surface area contributed by atoms with E-state index in [1.807, 2.05) is 6.92 Å². The molecule has 4 atom stereocenters. The predicted octanol–water partition coefficient (Wildman–Crippen LogP) is 2.58. The van der Waals surface area contributed by atoms with Gasteiger partial charge in [0.2, 0.25) is 0 Å². The monoisotopic (exact) mass is 359 g/mol. The van der Waals surface area contributed by atoms with E-state index >= 15 is 0 Å². The van der Waals surface area contributed by atoms with Gasteiger partial charge in [0.05, 0.1) is 18.2 Å². The summed E-state index contributed by atoms with van der Waals surface area (Å²) in [7, 11) is 0. The molecule has 1 amide bonds. The van der Waals surface area contributed by atoms with Gasteiger partial charge in [-0.2, -0.15) is 0 Å². The molecule has 0 unspecified atom stereocenters. The van der Waals surface area contributed by atoms with Crippen LogP contribution in [0, 0.1) is 17.8 Å². The van der Waals surface area contributed by atoms with Gasteiger partial charge in [-0.1, -0.05) is 13.3 Å². The molecule has 3 N–H and O–H groups in total. The Kier molecular flexibility index (Phi) is 6.30. The Morgan fingerprint density at radius 3 is 2.62 bits per heavy atom. The topological polar surface area (TPSA) is 72.0 Å². The Labute approximate surface area is 155 Å². The third-order valence-electron chi connectivity index (χ3n) is 5.98. The fourth-order valence-electron chi connectivity index (χ4n) is 4.59. The number of hydrogen-bond donors (Lipinski definition) is 2. The Hall–Kier alpha value is -1.88. The van der Waals surface area contributed by atoms with E-state index in [1.165, 1.54) is 25.7 Å². The molecule has 0 radical (unpaired) electrons. The molecule has 5 nitrogen and oxygen atoms in total. The van der Waals surface area contributed by atoms with Crippen LogP contribution >= 0.6 is 0 Å². The van der Waals surface area contributed by atoms with Crippen LogP contribution in [-0.4, -0.2) is 31.1 Å². The predicted molar refractivity (Wildman–Crippen MR) is 101 cm³/mol. The molecule has 2 aliphatic carbocycles. The van der Waals surface area contributed by atoms with Crippen molar-refractivity contribution in [2.24, 2.45) is 17.8 Å². The van der Waals surface area contributed by atoms with Crippen LogP contribution in [0.4, 0.5) is 5.69 Å². The van der Waals surface area contributed by atoms with Crippen LogP contribution in [-0.2, 0) is 9.53 Å². The van der Waals surface area contributed by atoms with Gasteiger partial charge in [-0.15, -0.1) is 0 Å². The molecule has 26 heavy (non-hydrogen) atoms. The number of carbonyl (C=O) groups excluding carboxylic acids is 2. The smallest absolute Gasteiger partial charge is 0.338 e. The van der Waals surface area contributed by atoms with Crippen LogP contribution in [0.1, 0.15) is 56.3 Å². The lowest BCUT2D eigenvalue weighted by atomic mass is 9.84. The van der Waals surface area contributed by atoms with Gasteiger partial charge in [0.15, 0.2) is 6.54 Å². The van der Waals surface area contributed by atoms with E-state index < -0.39 is 0 Å². The maximum Gasteiger partial charge on any atom is 0.338 e. The van der Waals surface area contributed by atoms with Crippen LogP contribution in [0.25, 0.3) is 0 Å². The van der Waals surface area contributed by atoms with Gasteiger partial charge in [-0.05, 0) is 68.7 Å². The number of fused-ring (bicyclic) bond motifs is 2. The first-order valence-electron chi connectivity index (χ1n) is 9.97. The van der Waals surface area contributed by atoms with Crippen LogP contribution in [0.5, 0.6) is 0 Å². The molecule has 1 aromatic rings. The third kappa shape index (κ3) is 4.64. The molecule has 0 aromatic heterocycles. The summed E-state index contributed by atoms with van der Waals surface area (Å²) in [6, 6.07) is 7.39. The number of hydrogen-bond acceptors (Lipinski definition) is 3. The van der Waals surface area contributed by atoms with Crippen LogP contribution in [0.3, 0.4) is 0 Å². The molecular formula is C21H31N2O3+. The van der Waals surface area contributed by atoms with Gasteiger partial charge in [-0.3, -0.25) is 4.79 Å². The summed E-state index contributed by atoms with van der Waals surface area (Å²) in [5.74, 6) is 2.28. The lowest BCUT2D eigenvalue weighted by molar-refractivity contribution is -0.683. The number of esters is 1. The molecule has 0 aliphatic heterocycles. The van der Waals surface area contributed by atoms with E-state index in [2.05, 4.69) is 17.6 Å². The van der Waals surface area contributed by atoms with Crippen molar-refractivity contribution in [3.63, 3.8) is 0 Å². The molecule has 2 bridgehead atoms. The Bertz CT molecular complexity index is 629. The number of anilines is 1. The maximum atomic E-state index is 12.2. The number of rotatable bonds is 8. The highest BCUT2D eigenvalue weighted by molar-refractivity contribution is 5.93. The molecular weight excluding hydrogens is 328 g/mol. The molecule has 1 aromatic carbocycles. The quantitative estimate of drug-likeness (QED) is 0.701. The van der Waals surface area contributed by atoms with Crippen LogP contribution in [0.2, 0.25) is 0 Å². The summed E-state index contributed by atoms with van der Waals surface area (Å²) in [5, 5.41) is 5.09. The first-order chi connectivity index (χ1) is 12.6. The minimum atomic E-state index is -0.322. The first kappa shape index (κ1) is 18.9. The molecule has 2 fully saturated rings. The van der Waals surface area contributed by atoms with Crippen molar-refractivity contribution in [2.45, 2.75) is 52.0 Å². The molecule has 2 saturated carbocycles. The van der Waals surface area contributed by atoms with Crippen molar-refractivity contribution >= 4 is 17.6 Å². The van der Waals surface area contributed by atoms with E-state index in [4.69, 9.17) is 4.74 Å². The van der Waals surface area contributed by atoms with Gasteiger partial charge in [-0.25, -0.2) is 4.79 Å². The number of nitrogens with two attached hydrogens (primary N) is 1. The molecule has 0 spiro atoms. The van der Waals surface area contributed by atoms with E-state index in [-0.39, 0.29) is 11.9 Å². The molecule has 0 heterocycles. The highest BCUT2D eigenvalue weighted by Crippen LogP contribution is 2.48. The summed E-state index contributed by atoms with van der Waals surface area (Å²) in [4.78, 5) is 24.0. The lowest BCUT2D eigenvalue weighted by Gasteiger charge is -2.25. The standard InChI is InChI=1S/C21H30N2O3/c1-3-10-26-21(25)16-6-8-18(9-7-16)23-20(24)13-22-14(2)19-12-15-4-5-17(19)11-15/h6-9,14-15,17,19,22H,3-5,10-13H2,1-2H3,(H,23,24)/p+1/t14-,15-,17+,19+/m1/s1. The Morgan fingerprint density at radius 1 is 1.23 bits per heavy atom. The minimum absolute atomic E-state index is 0.00122. The molecule has 5 heteroatoms. The second-order valence-corrected chi connectivity index (χ2v) is 7.90. The summed E-state index contributed by atoms with van der Waals surface area (Å²) in [5.41, 5.74) is 1.22. The SMILES string of the molecule is CCCOC(=O)c1ccc(NC(=O)C[NH2+][C@H](C)[C@@H]2C[C@@H]3CC[C@H]2C3)cc1. The number of nitrogens with one attached hydrogen (secondary N) is 1. The lowest BCUT2D eigenvalue weighted by Crippen LogP contribution is -2.92. The van der Waals surface area contributed by atoms with Crippen LogP contribution < -0.4 is 10.6 Å². The zero-order valence-electron chi connectivity index (χ0n) is 15.9. The average molecular weight is 359 g/mol. The summed E-state index contributed by atoms with van der Waals surface area (Å²) in [6.07, 6.45) is 6.35. The van der Waals surface area contributed by atoms with E-state index in [1.54, 1.807) is 24.3 Å². The summed E-state index contributed by atoms with van der Waals surface area (Å²) < 4.78 is 5.10. The zero-order chi connectivity index (χ0) is 18.5. The number of benzene rings is 1. The second-order valence-electron chi connectivity index (χ2n) is 7.90. The van der Waals surface area contributed by atoms with Gasteiger partial charge in [0.25, 0.3) is 5.91 Å². The number of quaternary nitrogens is 1. The van der Waals surface area contributed by atoms with E-state index in [9.17, 15) is 9.59 Å².